The summed E-state index contributed by atoms with van der Waals surface area (Å²) in [5.41, 5.74) is 0.0518. The Labute approximate surface area is 125 Å². The van der Waals surface area contributed by atoms with Crippen molar-refractivity contribution in [3.8, 4) is 0 Å². The quantitative estimate of drug-likeness (QED) is 0.836. The van der Waals surface area contributed by atoms with Gasteiger partial charge in [-0.05, 0) is 31.5 Å². The lowest BCUT2D eigenvalue weighted by Gasteiger charge is -2.08. The van der Waals surface area contributed by atoms with E-state index < -0.39 is 24.1 Å². The van der Waals surface area contributed by atoms with Crippen molar-refractivity contribution in [2.45, 2.75) is 20.4 Å². The Balaban J connectivity index is 1.90. The van der Waals surface area contributed by atoms with Gasteiger partial charge in [-0.25, -0.2) is 9.59 Å². The van der Waals surface area contributed by atoms with E-state index in [1.54, 1.807) is 19.1 Å². The molecule has 0 radical (unpaired) electrons. The zero-order valence-electron chi connectivity index (χ0n) is 12.2. The summed E-state index contributed by atoms with van der Waals surface area (Å²) in [6.45, 7) is 2.86. The number of esters is 1. The van der Waals surface area contributed by atoms with Gasteiger partial charge < -0.3 is 18.9 Å². The molecule has 2 heterocycles. The number of rotatable bonds is 5. The average molecular weight is 305 g/mol. The number of carbonyl (C=O) groups is 2. The summed E-state index contributed by atoms with van der Waals surface area (Å²) in [6, 6.07) is 4.61. The van der Waals surface area contributed by atoms with E-state index in [1.807, 2.05) is 0 Å². The Morgan fingerprint density at radius 1 is 1.32 bits per heavy atom. The van der Waals surface area contributed by atoms with Crippen molar-refractivity contribution in [2.75, 3.05) is 6.61 Å². The maximum Gasteiger partial charge on any atom is 0.342 e. The smallest absolute Gasteiger partial charge is 0.342 e. The van der Waals surface area contributed by atoms with Gasteiger partial charge in [-0.15, -0.1) is 0 Å². The van der Waals surface area contributed by atoms with Gasteiger partial charge in [0.15, 0.2) is 6.61 Å². The molecule has 0 unspecified atom stereocenters. The molecule has 0 atom stereocenters. The number of nitrogens with one attached hydrogen (secondary N) is 1. The van der Waals surface area contributed by atoms with Gasteiger partial charge in [-0.1, -0.05) is 0 Å². The topological polar surface area (TPSA) is 98.8 Å². The molecule has 0 spiro atoms. The Bertz CT molecular complexity index is 703. The van der Waals surface area contributed by atoms with E-state index in [2.05, 4.69) is 5.32 Å². The van der Waals surface area contributed by atoms with E-state index in [0.717, 1.165) is 0 Å². The molecule has 1 amide bonds. The number of furan rings is 1. The fourth-order valence-corrected chi connectivity index (χ4v) is 1.92. The van der Waals surface area contributed by atoms with Gasteiger partial charge in [-0.2, -0.15) is 0 Å². The normalized spacial score (nSPS) is 10.3. The van der Waals surface area contributed by atoms with Crippen molar-refractivity contribution in [3.05, 3.63) is 57.5 Å². The Hall–Kier alpha value is -2.83. The molecule has 0 fully saturated rings. The van der Waals surface area contributed by atoms with Crippen LogP contribution in [-0.2, 0) is 16.1 Å². The molecule has 2 aromatic rings. The summed E-state index contributed by atoms with van der Waals surface area (Å²) in [7, 11) is 0. The van der Waals surface area contributed by atoms with Gasteiger partial charge in [0.05, 0.1) is 12.8 Å². The predicted octanol–water partition coefficient (Wildman–Crippen LogP) is 1.32. The Morgan fingerprint density at radius 3 is 2.73 bits per heavy atom. The molecule has 2 rings (SSSR count). The summed E-state index contributed by atoms with van der Waals surface area (Å²) in [5.74, 6) is -0.425. The lowest BCUT2D eigenvalue weighted by Crippen LogP contribution is -2.28. The highest BCUT2D eigenvalue weighted by molar-refractivity contribution is 5.93. The Morgan fingerprint density at radius 2 is 2.09 bits per heavy atom. The minimum absolute atomic E-state index is 0.151. The minimum Gasteiger partial charge on any atom is -0.467 e. The highest BCUT2D eigenvalue weighted by Crippen LogP contribution is 2.12. The highest BCUT2D eigenvalue weighted by atomic mass is 16.5. The van der Waals surface area contributed by atoms with Crippen LogP contribution in [0.25, 0.3) is 0 Å². The zero-order valence-corrected chi connectivity index (χ0v) is 12.2. The average Bonchev–Trinajstić information content (AvgIpc) is 2.95. The van der Waals surface area contributed by atoms with Gasteiger partial charge in [0.1, 0.15) is 17.1 Å². The third-order valence-electron chi connectivity index (χ3n) is 2.91. The van der Waals surface area contributed by atoms with Crippen molar-refractivity contribution in [1.29, 1.82) is 0 Å². The summed E-state index contributed by atoms with van der Waals surface area (Å²) in [5, 5.41) is 2.55. The van der Waals surface area contributed by atoms with Crippen LogP contribution in [0, 0.1) is 13.8 Å². The van der Waals surface area contributed by atoms with Crippen LogP contribution in [0.4, 0.5) is 0 Å². The van der Waals surface area contributed by atoms with Crippen molar-refractivity contribution in [3.63, 3.8) is 0 Å². The second kappa shape index (κ2) is 6.75. The molecule has 116 valence electrons. The van der Waals surface area contributed by atoms with Crippen molar-refractivity contribution in [2.24, 2.45) is 0 Å². The van der Waals surface area contributed by atoms with E-state index in [4.69, 9.17) is 13.6 Å². The lowest BCUT2D eigenvalue weighted by atomic mass is 10.1. The molecule has 1 N–H and O–H groups in total. The predicted molar refractivity (Wildman–Crippen MR) is 75.3 cm³/mol. The highest BCUT2D eigenvalue weighted by Gasteiger charge is 2.17. The Kier molecular flexibility index (Phi) is 4.77. The number of hydrogen-bond acceptors (Lipinski definition) is 6. The van der Waals surface area contributed by atoms with Crippen LogP contribution < -0.4 is 10.9 Å². The standard InChI is InChI=1S/C15H15NO6/c1-9-6-13(18)22-10(2)14(9)15(19)21-8-12(17)16-7-11-4-3-5-20-11/h3-6H,7-8H2,1-2H3,(H,16,17). The van der Waals surface area contributed by atoms with Gasteiger partial charge in [-0.3, -0.25) is 4.79 Å². The summed E-state index contributed by atoms with van der Waals surface area (Å²) in [4.78, 5) is 34.7. The third kappa shape index (κ3) is 3.85. The molecule has 0 saturated carbocycles. The fraction of sp³-hybridized carbons (Fsp3) is 0.267. The molecule has 0 aliphatic carbocycles. The summed E-state index contributed by atoms with van der Waals surface area (Å²) >= 11 is 0. The first-order chi connectivity index (χ1) is 10.5. The molecular weight excluding hydrogens is 290 g/mol. The second-order valence-electron chi connectivity index (χ2n) is 4.61. The molecule has 0 saturated heterocycles. The molecule has 22 heavy (non-hydrogen) atoms. The van der Waals surface area contributed by atoms with Crippen LogP contribution in [-0.4, -0.2) is 18.5 Å². The van der Waals surface area contributed by atoms with Crippen molar-refractivity contribution >= 4 is 11.9 Å². The first kappa shape index (κ1) is 15.6. The van der Waals surface area contributed by atoms with E-state index in [1.165, 1.54) is 19.3 Å². The first-order valence-electron chi connectivity index (χ1n) is 6.55. The van der Waals surface area contributed by atoms with Crippen LogP contribution in [0.3, 0.4) is 0 Å². The minimum atomic E-state index is -0.716. The molecule has 0 aromatic carbocycles. The van der Waals surface area contributed by atoms with E-state index in [0.29, 0.717) is 11.3 Å². The van der Waals surface area contributed by atoms with Crippen molar-refractivity contribution < 1.29 is 23.2 Å². The largest absolute Gasteiger partial charge is 0.467 e. The van der Waals surface area contributed by atoms with E-state index in [9.17, 15) is 14.4 Å². The third-order valence-corrected chi connectivity index (χ3v) is 2.91. The van der Waals surface area contributed by atoms with Crippen molar-refractivity contribution in [1.82, 2.24) is 5.32 Å². The molecule has 7 heteroatoms. The SMILES string of the molecule is Cc1cc(=O)oc(C)c1C(=O)OCC(=O)NCc1ccco1. The van der Waals surface area contributed by atoms with Gasteiger partial charge >= 0.3 is 11.6 Å². The number of hydrogen-bond donors (Lipinski definition) is 1. The fourth-order valence-electron chi connectivity index (χ4n) is 1.92. The number of amides is 1. The van der Waals surface area contributed by atoms with E-state index in [-0.39, 0.29) is 17.9 Å². The molecule has 7 nitrogen and oxygen atoms in total. The summed E-state index contributed by atoms with van der Waals surface area (Å²) in [6.07, 6.45) is 1.50. The number of carbonyl (C=O) groups excluding carboxylic acids is 2. The maximum atomic E-state index is 12.0. The van der Waals surface area contributed by atoms with Crippen LogP contribution in [0.1, 0.15) is 27.4 Å². The van der Waals surface area contributed by atoms with Crippen LogP contribution >= 0.6 is 0 Å². The molecular formula is C15H15NO6. The van der Waals surface area contributed by atoms with Gasteiger partial charge in [0, 0.05) is 6.07 Å². The van der Waals surface area contributed by atoms with Gasteiger partial charge in [0.2, 0.25) is 0 Å². The monoisotopic (exact) mass is 305 g/mol. The zero-order chi connectivity index (χ0) is 16.1. The maximum absolute atomic E-state index is 12.0. The van der Waals surface area contributed by atoms with Crippen LogP contribution in [0.2, 0.25) is 0 Å². The molecule has 0 bridgehead atoms. The molecule has 2 aromatic heterocycles. The van der Waals surface area contributed by atoms with Crippen LogP contribution in [0.15, 0.2) is 38.1 Å². The second-order valence-corrected chi connectivity index (χ2v) is 4.61. The first-order valence-corrected chi connectivity index (χ1v) is 6.55. The van der Waals surface area contributed by atoms with Gasteiger partial charge in [0.25, 0.3) is 5.91 Å². The number of aryl methyl sites for hydroxylation is 2. The number of ether oxygens (including phenoxy) is 1. The molecule has 0 aliphatic heterocycles. The molecule has 0 aliphatic rings. The summed E-state index contributed by atoms with van der Waals surface area (Å²) < 4.78 is 14.8. The lowest BCUT2D eigenvalue weighted by molar-refractivity contribution is -0.124. The van der Waals surface area contributed by atoms with E-state index >= 15 is 0 Å². The van der Waals surface area contributed by atoms with Crippen LogP contribution in [0.5, 0.6) is 0 Å².